The molecule has 82 valence electrons. The van der Waals surface area contributed by atoms with Gasteiger partial charge in [0.25, 0.3) is 0 Å². The molecule has 0 bridgehead atoms. The van der Waals surface area contributed by atoms with Crippen LogP contribution in [0.15, 0.2) is 36.5 Å². The first kappa shape index (κ1) is 10.4. The van der Waals surface area contributed by atoms with Gasteiger partial charge in [-0.25, -0.2) is 4.79 Å². The number of nitrogens with zero attached hydrogens (tertiary/aromatic N) is 1. The van der Waals surface area contributed by atoms with Crippen molar-refractivity contribution in [3.8, 4) is 5.75 Å². The molecular weight excluding hydrogens is 206 g/mol. The van der Waals surface area contributed by atoms with E-state index in [9.17, 15) is 4.79 Å². The quantitative estimate of drug-likeness (QED) is 0.855. The average molecular weight is 217 g/mol. The van der Waals surface area contributed by atoms with E-state index in [4.69, 9.17) is 9.84 Å². The molecule has 0 saturated heterocycles. The zero-order valence-electron chi connectivity index (χ0n) is 8.75. The maximum absolute atomic E-state index is 10.7. The Bertz CT molecular complexity index is 519. The molecule has 1 aromatic carbocycles. The van der Waals surface area contributed by atoms with Crippen LogP contribution in [0.2, 0.25) is 0 Å². The maximum atomic E-state index is 10.7. The van der Waals surface area contributed by atoms with E-state index in [0.29, 0.717) is 5.75 Å². The summed E-state index contributed by atoms with van der Waals surface area (Å²) in [5, 5.41) is 9.59. The van der Waals surface area contributed by atoms with Crippen LogP contribution in [0.5, 0.6) is 5.75 Å². The molecule has 0 amide bonds. The Kier molecular flexibility index (Phi) is 2.72. The molecular formula is C12H11NO3. The summed E-state index contributed by atoms with van der Waals surface area (Å²) in [6.45, 7) is 1.50. The Morgan fingerprint density at radius 2 is 2.19 bits per heavy atom. The van der Waals surface area contributed by atoms with Crippen LogP contribution in [-0.2, 0) is 4.79 Å². The molecule has 16 heavy (non-hydrogen) atoms. The first-order chi connectivity index (χ1) is 7.68. The fourth-order valence-corrected chi connectivity index (χ4v) is 1.42. The van der Waals surface area contributed by atoms with Crippen LogP contribution in [0.4, 0.5) is 0 Å². The third-order valence-corrected chi connectivity index (χ3v) is 2.26. The molecule has 0 aliphatic carbocycles. The molecule has 0 aliphatic heterocycles. The number of aromatic nitrogens is 1. The van der Waals surface area contributed by atoms with E-state index < -0.39 is 12.1 Å². The molecule has 0 saturated carbocycles. The van der Waals surface area contributed by atoms with Crippen LogP contribution in [0.3, 0.4) is 0 Å². The monoisotopic (exact) mass is 217 g/mol. The molecule has 0 radical (unpaired) electrons. The number of rotatable bonds is 3. The van der Waals surface area contributed by atoms with Gasteiger partial charge in [0.15, 0.2) is 6.10 Å². The third-order valence-electron chi connectivity index (χ3n) is 2.26. The van der Waals surface area contributed by atoms with Gasteiger partial charge in [-0.2, -0.15) is 0 Å². The molecule has 4 heteroatoms. The highest BCUT2D eigenvalue weighted by molar-refractivity contribution is 5.85. The van der Waals surface area contributed by atoms with Gasteiger partial charge in [0.1, 0.15) is 5.75 Å². The normalized spacial score (nSPS) is 12.3. The second kappa shape index (κ2) is 4.18. The van der Waals surface area contributed by atoms with E-state index in [2.05, 4.69) is 4.98 Å². The summed E-state index contributed by atoms with van der Waals surface area (Å²) in [5.41, 5.74) is 0.789. The lowest BCUT2D eigenvalue weighted by Crippen LogP contribution is -2.22. The lowest BCUT2D eigenvalue weighted by molar-refractivity contribution is -0.144. The standard InChI is InChI=1S/C12H11NO3/c1-8(12(14)15)16-11-6-2-5-10-9(11)4-3-7-13-10/h2-8H,1H3,(H,14,15)/t8-/m0/s1. The number of benzene rings is 1. The lowest BCUT2D eigenvalue weighted by atomic mass is 10.2. The molecule has 2 rings (SSSR count). The topological polar surface area (TPSA) is 59.4 Å². The molecule has 0 spiro atoms. The number of hydrogen-bond donors (Lipinski definition) is 1. The zero-order valence-corrected chi connectivity index (χ0v) is 8.75. The predicted octanol–water partition coefficient (Wildman–Crippen LogP) is 2.09. The van der Waals surface area contributed by atoms with E-state index in [1.54, 1.807) is 24.4 Å². The van der Waals surface area contributed by atoms with Crippen molar-refractivity contribution in [2.24, 2.45) is 0 Å². The van der Waals surface area contributed by atoms with Gasteiger partial charge in [-0.3, -0.25) is 4.98 Å². The third kappa shape index (κ3) is 1.95. The van der Waals surface area contributed by atoms with E-state index >= 15 is 0 Å². The number of fused-ring (bicyclic) bond motifs is 1. The average Bonchev–Trinajstić information content (AvgIpc) is 2.29. The first-order valence-corrected chi connectivity index (χ1v) is 4.91. The van der Waals surface area contributed by atoms with Gasteiger partial charge in [0, 0.05) is 11.6 Å². The minimum absolute atomic E-state index is 0.542. The number of carboxylic acid groups (broad SMARTS) is 1. The summed E-state index contributed by atoms with van der Waals surface area (Å²) in [5.74, 6) is -0.443. The van der Waals surface area contributed by atoms with E-state index in [1.807, 2.05) is 12.1 Å². The Hall–Kier alpha value is -2.10. The second-order valence-corrected chi connectivity index (χ2v) is 3.42. The highest BCUT2D eigenvalue weighted by atomic mass is 16.5. The summed E-state index contributed by atoms with van der Waals surface area (Å²) < 4.78 is 5.35. The Morgan fingerprint density at radius 1 is 1.38 bits per heavy atom. The van der Waals surface area contributed by atoms with Gasteiger partial charge in [-0.05, 0) is 31.2 Å². The van der Waals surface area contributed by atoms with Crippen molar-refractivity contribution >= 4 is 16.9 Å². The number of hydrogen-bond acceptors (Lipinski definition) is 3. The van der Waals surface area contributed by atoms with Gasteiger partial charge in [0.05, 0.1) is 5.52 Å². The zero-order chi connectivity index (χ0) is 11.5. The summed E-state index contributed by atoms with van der Waals surface area (Å²) in [7, 11) is 0. The Balaban J connectivity index is 2.41. The minimum Gasteiger partial charge on any atom is -0.479 e. The fraction of sp³-hybridized carbons (Fsp3) is 0.167. The van der Waals surface area contributed by atoms with Crippen molar-refractivity contribution in [2.45, 2.75) is 13.0 Å². The van der Waals surface area contributed by atoms with E-state index in [-0.39, 0.29) is 0 Å². The van der Waals surface area contributed by atoms with Gasteiger partial charge in [0.2, 0.25) is 0 Å². The van der Waals surface area contributed by atoms with Crippen LogP contribution >= 0.6 is 0 Å². The molecule has 0 unspecified atom stereocenters. The molecule has 4 nitrogen and oxygen atoms in total. The van der Waals surface area contributed by atoms with Crippen LogP contribution in [0, 0.1) is 0 Å². The van der Waals surface area contributed by atoms with Gasteiger partial charge in [-0.15, -0.1) is 0 Å². The van der Waals surface area contributed by atoms with Gasteiger partial charge in [-0.1, -0.05) is 6.07 Å². The van der Waals surface area contributed by atoms with Gasteiger partial charge < -0.3 is 9.84 Å². The minimum atomic E-state index is -0.985. The maximum Gasteiger partial charge on any atom is 0.344 e. The van der Waals surface area contributed by atoms with Crippen molar-refractivity contribution in [1.29, 1.82) is 0 Å². The van der Waals surface area contributed by atoms with Crippen LogP contribution in [0.1, 0.15) is 6.92 Å². The van der Waals surface area contributed by atoms with Crippen molar-refractivity contribution < 1.29 is 14.6 Å². The summed E-state index contributed by atoms with van der Waals surface area (Å²) >= 11 is 0. The van der Waals surface area contributed by atoms with Crippen molar-refractivity contribution in [1.82, 2.24) is 4.98 Å². The van der Waals surface area contributed by atoms with Crippen LogP contribution in [0.25, 0.3) is 10.9 Å². The van der Waals surface area contributed by atoms with Crippen molar-refractivity contribution in [3.05, 3.63) is 36.5 Å². The lowest BCUT2D eigenvalue weighted by Gasteiger charge is -2.11. The molecule has 1 heterocycles. The first-order valence-electron chi connectivity index (χ1n) is 4.91. The molecule has 1 N–H and O–H groups in total. The summed E-state index contributed by atoms with van der Waals surface area (Å²) in [6.07, 6.45) is 0.818. The van der Waals surface area contributed by atoms with Gasteiger partial charge >= 0.3 is 5.97 Å². The van der Waals surface area contributed by atoms with Crippen LogP contribution < -0.4 is 4.74 Å². The smallest absolute Gasteiger partial charge is 0.344 e. The molecule has 0 fully saturated rings. The van der Waals surface area contributed by atoms with Crippen LogP contribution in [-0.4, -0.2) is 22.2 Å². The van der Waals surface area contributed by atoms with E-state index in [0.717, 1.165) is 10.9 Å². The number of aliphatic carboxylic acids is 1. The SMILES string of the molecule is C[C@H](Oc1cccc2ncccc12)C(=O)O. The van der Waals surface area contributed by atoms with Crippen molar-refractivity contribution in [3.63, 3.8) is 0 Å². The molecule has 0 aliphatic rings. The Morgan fingerprint density at radius 3 is 2.94 bits per heavy atom. The summed E-state index contributed by atoms with van der Waals surface area (Å²) in [6, 6.07) is 9.03. The van der Waals surface area contributed by atoms with E-state index in [1.165, 1.54) is 6.92 Å². The fourth-order valence-electron chi connectivity index (χ4n) is 1.42. The highest BCUT2D eigenvalue weighted by Gasteiger charge is 2.13. The number of ether oxygens (including phenoxy) is 1. The number of carboxylic acids is 1. The second-order valence-electron chi connectivity index (χ2n) is 3.42. The largest absolute Gasteiger partial charge is 0.479 e. The summed E-state index contributed by atoms with van der Waals surface area (Å²) in [4.78, 5) is 14.9. The number of pyridine rings is 1. The van der Waals surface area contributed by atoms with Crippen molar-refractivity contribution in [2.75, 3.05) is 0 Å². The molecule has 1 aromatic heterocycles. The molecule has 2 aromatic rings. The highest BCUT2D eigenvalue weighted by Crippen LogP contribution is 2.24. The Labute approximate surface area is 92.5 Å². The molecule has 1 atom stereocenters. The predicted molar refractivity (Wildman–Crippen MR) is 59.5 cm³/mol. The number of carbonyl (C=O) groups is 1.